The SMILES string of the molecule is CC(C)(C)C1=C2SC3CCCCC3C2=C(C(C)(C)C)C1. The van der Waals surface area contributed by atoms with E-state index in [0.717, 1.165) is 11.2 Å². The second kappa shape index (κ2) is 4.66. The van der Waals surface area contributed by atoms with Gasteiger partial charge in [-0.25, -0.2) is 0 Å². The van der Waals surface area contributed by atoms with E-state index >= 15 is 0 Å². The van der Waals surface area contributed by atoms with Gasteiger partial charge in [0.05, 0.1) is 0 Å². The van der Waals surface area contributed by atoms with Crippen molar-refractivity contribution in [1.29, 1.82) is 0 Å². The maximum Gasteiger partial charge on any atom is 0.0164 e. The largest absolute Gasteiger partial charge is 0.122 e. The zero-order valence-corrected chi connectivity index (χ0v) is 14.9. The number of hydrogen-bond acceptors (Lipinski definition) is 1. The fraction of sp³-hybridized carbons (Fsp3) is 0.789. The van der Waals surface area contributed by atoms with E-state index in [9.17, 15) is 0 Å². The molecule has 3 rings (SSSR count). The van der Waals surface area contributed by atoms with Gasteiger partial charge in [0.25, 0.3) is 0 Å². The molecule has 0 bridgehead atoms. The Morgan fingerprint density at radius 1 is 0.850 bits per heavy atom. The predicted molar refractivity (Wildman–Crippen MR) is 90.9 cm³/mol. The molecule has 0 aromatic rings. The van der Waals surface area contributed by atoms with Crippen molar-refractivity contribution < 1.29 is 0 Å². The van der Waals surface area contributed by atoms with Crippen LogP contribution in [-0.2, 0) is 0 Å². The molecule has 2 fully saturated rings. The first-order valence-electron chi connectivity index (χ1n) is 8.34. The van der Waals surface area contributed by atoms with Gasteiger partial charge in [0, 0.05) is 10.2 Å². The van der Waals surface area contributed by atoms with Crippen molar-refractivity contribution in [3.05, 3.63) is 21.6 Å². The quantitative estimate of drug-likeness (QED) is 0.501. The van der Waals surface area contributed by atoms with Gasteiger partial charge in [-0.2, -0.15) is 0 Å². The normalized spacial score (nSPS) is 30.9. The van der Waals surface area contributed by atoms with E-state index in [4.69, 9.17) is 0 Å². The highest BCUT2D eigenvalue weighted by Crippen LogP contribution is 2.62. The molecule has 0 amide bonds. The molecule has 2 unspecified atom stereocenters. The topological polar surface area (TPSA) is 0 Å². The van der Waals surface area contributed by atoms with Crippen LogP contribution >= 0.6 is 11.8 Å². The highest BCUT2D eigenvalue weighted by atomic mass is 32.2. The molecule has 0 spiro atoms. The molecule has 1 saturated carbocycles. The lowest BCUT2D eigenvalue weighted by molar-refractivity contribution is 0.411. The summed E-state index contributed by atoms with van der Waals surface area (Å²) in [7, 11) is 0. The van der Waals surface area contributed by atoms with E-state index in [0.29, 0.717) is 10.8 Å². The van der Waals surface area contributed by atoms with Crippen LogP contribution in [0.5, 0.6) is 0 Å². The number of hydrogen-bond donors (Lipinski definition) is 0. The molecule has 0 nitrogen and oxygen atoms in total. The Kier molecular flexibility index (Phi) is 3.44. The molecule has 20 heavy (non-hydrogen) atoms. The summed E-state index contributed by atoms with van der Waals surface area (Å²) in [4.78, 5) is 1.72. The van der Waals surface area contributed by atoms with Crippen LogP contribution < -0.4 is 0 Å². The van der Waals surface area contributed by atoms with E-state index in [-0.39, 0.29) is 0 Å². The van der Waals surface area contributed by atoms with Crippen LogP contribution in [0.25, 0.3) is 0 Å². The Balaban J connectivity index is 2.09. The van der Waals surface area contributed by atoms with Crippen molar-refractivity contribution in [3.63, 3.8) is 0 Å². The van der Waals surface area contributed by atoms with Gasteiger partial charge in [-0.05, 0) is 47.2 Å². The average molecular weight is 291 g/mol. The van der Waals surface area contributed by atoms with Crippen LogP contribution in [0, 0.1) is 16.7 Å². The summed E-state index contributed by atoms with van der Waals surface area (Å²) in [6.45, 7) is 14.5. The van der Waals surface area contributed by atoms with Crippen molar-refractivity contribution in [2.75, 3.05) is 0 Å². The highest BCUT2D eigenvalue weighted by Gasteiger charge is 2.46. The minimum Gasteiger partial charge on any atom is -0.122 e. The molecule has 2 atom stereocenters. The molecular formula is C19H30S. The number of thioether (sulfide) groups is 1. The third-order valence-corrected chi connectivity index (χ3v) is 6.92. The lowest BCUT2D eigenvalue weighted by Crippen LogP contribution is -2.21. The first kappa shape index (κ1) is 14.8. The van der Waals surface area contributed by atoms with E-state index in [1.54, 1.807) is 21.6 Å². The first-order chi connectivity index (χ1) is 9.19. The second-order valence-corrected chi connectivity index (χ2v) is 10.2. The van der Waals surface area contributed by atoms with E-state index in [1.807, 2.05) is 0 Å². The first-order valence-corrected chi connectivity index (χ1v) is 9.22. The van der Waals surface area contributed by atoms with Crippen LogP contribution in [0.4, 0.5) is 0 Å². The third-order valence-electron chi connectivity index (χ3n) is 5.35. The van der Waals surface area contributed by atoms with Gasteiger partial charge in [-0.15, -0.1) is 11.8 Å². The zero-order chi connectivity index (χ0) is 14.7. The molecule has 0 N–H and O–H groups in total. The molecule has 0 radical (unpaired) electrons. The van der Waals surface area contributed by atoms with Crippen molar-refractivity contribution >= 4 is 11.8 Å². The van der Waals surface area contributed by atoms with Gasteiger partial charge < -0.3 is 0 Å². The molecule has 1 aliphatic heterocycles. The molecule has 1 saturated heterocycles. The van der Waals surface area contributed by atoms with Crippen LogP contribution in [0.2, 0.25) is 0 Å². The van der Waals surface area contributed by atoms with Gasteiger partial charge in [-0.1, -0.05) is 60.0 Å². The number of allylic oxidation sites excluding steroid dienone is 3. The Morgan fingerprint density at radius 3 is 2.05 bits per heavy atom. The minimum atomic E-state index is 0.327. The summed E-state index contributed by atoms with van der Waals surface area (Å²) in [5.41, 5.74) is 5.96. The Labute approximate surface area is 129 Å². The molecule has 1 heterocycles. The summed E-state index contributed by atoms with van der Waals surface area (Å²) in [5.74, 6) is 0.873. The number of fused-ring (bicyclic) bond motifs is 3. The van der Waals surface area contributed by atoms with Crippen molar-refractivity contribution in [2.24, 2.45) is 16.7 Å². The monoisotopic (exact) mass is 290 g/mol. The summed E-state index contributed by atoms with van der Waals surface area (Å²) in [5, 5.41) is 0.892. The maximum atomic E-state index is 2.42. The molecular weight excluding hydrogens is 260 g/mol. The second-order valence-electron chi connectivity index (χ2n) is 8.92. The van der Waals surface area contributed by atoms with Crippen molar-refractivity contribution in [3.8, 4) is 0 Å². The fourth-order valence-electron chi connectivity index (χ4n) is 4.17. The molecule has 0 aromatic heterocycles. The predicted octanol–water partition coefficient (Wildman–Crippen LogP) is 6.34. The minimum absolute atomic E-state index is 0.327. The summed E-state index contributed by atoms with van der Waals surface area (Å²) in [6.07, 6.45) is 7.02. The van der Waals surface area contributed by atoms with Gasteiger partial charge >= 0.3 is 0 Å². The molecule has 3 aliphatic rings. The van der Waals surface area contributed by atoms with Crippen molar-refractivity contribution in [2.45, 2.75) is 78.9 Å². The zero-order valence-electron chi connectivity index (χ0n) is 14.1. The highest BCUT2D eigenvalue weighted by molar-refractivity contribution is 8.04. The molecule has 2 aliphatic carbocycles. The Morgan fingerprint density at radius 2 is 1.45 bits per heavy atom. The lowest BCUT2D eigenvalue weighted by Gasteiger charge is -2.30. The van der Waals surface area contributed by atoms with E-state index < -0.39 is 0 Å². The smallest absolute Gasteiger partial charge is 0.0164 e. The summed E-state index contributed by atoms with van der Waals surface area (Å²) < 4.78 is 0. The lowest BCUT2D eigenvalue weighted by atomic mass is 9.76. The fourth-order valence-corrected chi connectivity index (χ4v) is 6.12. The van der Waals surface area contributed by atoms with Crippen LogP contribution in [0.3, 0.4) is 0 Å². The summed E-state index contributed by atoms with van der Waals surface area (Å²) >= 11 is 2.24. The van der Waals surface area contributed by atoms with E-state index in [2.05, 4.69) is 53.3 Å². The van der Waals surface area contributed by atoms with Gasteiger partial charge in [0.15, 0.2) is 0 Å². The Bertz CT molecular complexity index is 479. The van der Waals surface area contributed by atoms with Gasteiger partial charge in [-0.3, -0.25) is 0 Å². The van der Waals surface area contributed by atoms with Crippen LogP contribution in [-0.4, -0.2) is 5.25 Å². The summed E-state index contributed by atoms with van der Waals surface area (Å²) in [6, 6.07) is 0. The van der Waals surface area contributed by atoms with Gasteiger partial charge in [0.2, 0.25) is 0 Å². The number of rotatable bonds is 0. The van der Waals surface area contributed by atoms with Crippen LogP contribution in [0.1, 0.15) is 73.6 Å². The molecule has 0 aromatic carbocycles. The van der Waals surface area contributed by atoms with Crippen molar-refractivity contribution in [1.82, 2.24) is 0 Å². The maximum absolute atomic E-state index is 2.42. The average Bonchev–Trinajstić information content (AvgIpc) is 2.82. The van der Waals surface area contributed by atoms with E-state index in [1.165, 1.54) is 32.1 Å². The molecule has 112 valence electrons. The van der Waals surface area contributed by atoms with Gasteiger partial charge in [0.1, 0.15) is 0 Å². The third kappa shape index (κ3) is 2.30. The Hall–Kier alpha value is -0.170. The standard InChI is InChI=1S/C19H30S/c1-18(2,3)13-11-14(19(4,5)6)17-16(13)12-9-7-8-10-15(12)20-17/h12,15H,7-11H2,1-6H3. The van der Waals surface area contributed by atoms with Crippen LogP contribution in [0.15, 0.2) is 21.6 Å². The molecule has 1 heteroatoms.